The molecule has 1 aromatic carbocycles. The number of carbonyl (C=O) groups is 2. The van der Waals surface area contributed by atoms with Crippen LogP contribution in [-0.4, -0.2) is 40.7 Å². The summed E-state index contributed by atoms with van der Waals surface area (Å²) in [5.41, 5.74) is 4.38. The summed E-state index contributed by atoms with van der Waals surface area (Å²) in [5.74, 6) is 0.354. The van der Waals surface area contributed by atoms with Gasteiger partial charge in [0.1, 0.15) is 0 Å². The van der Waals surface area contributed by atoms with Crippen molar-refractivity contribution in [3.8, 4) is 0 Å². The van der Waals surface area contributed by atoms with Gasteiger partial charge in [-0.3, -0.25) is 9.59 Å². The number of thiophene rings is 1. The molecule has 1 aliphatic rings. The Balaban J connectivity index is 1.93. The van der Waals surface area contributed by atoms with Crippen molar-refractivity contribution < 1.29 is 9.59 Å². The van der Waals surface area contributed by atoms with E-state index in [9.17, 15) is 9.59 Å². The number of hydrogen-bond donors (Lipinski definition) is 0. The lowest BCUT2D eigenvalue weighted by molar-refractivity contribution is 0.0992. The third-order valence-electron chi connectivity index (χ3n) is 5.60. The number of Topliss-reactive ketones (excluding diaryl/α,β-unsaturated/α-hetero) is 2. The van der Waals surface area contributed by atoms with Crippen LogP contribution in [0.2, 0.25) is 0 Å². The molecule has 0 unspecified atom stereocenters. The predicted molar refractivity (Wildman–Crippen MR) is 108 cm³/mol. The molecule has 0 saturated carbocycles. The van der Waals surface area contributed by atoms with Crippen LogP contribution < -0.4 is 0 Å². The Hall–Kier alpha value is -1.98. The zero-order valence-corrected chi connectivity index (χ0v) is 16.4. The van der Waals surface area contributed by atoms with Gasteiger partial charge >= 0.3 is 0 Å². The molecule has 0 aliphatic heterocycles. The van der Waals surface area contributed by atoms with E-state index < -0.39 is 0 Å². The Morgan fingerprint density at radius 1 is 1.19 bits per heavy atom. The fraction of sp³-hybridized carbons (Fsp3) is 0.429. The largest absolute Gasteiger partial charge is 0.338 e. The molecule has 4 nitrogen and oxygen atoms in total. The smallest absolute Gasteiger partial charge is 0.169 e. The fourth-order valence-corrected chi connectivity index (χ4v) is 5.23. The van der Waals surface area contributed by atoms with E-state index in [2.05, 4.69) is 29.4 Å². The third-order valence-corrected chi connectivity index (χ3v) is 6.84. The Morgan fingerprint density at radius 3 is 2.65 bits per heavy atom. The number of aromatic nitrogens is 1. The summed E-state index contributed by atoms with van der Waals surface area (Å²) in [7, 11) is 0. The molecule has 3 aromatic rings. The number of benzene rings is 1. The van der Waals surface area contributed by atoms with Crippen molar-refractivity contribution >= 4 is 44.0 Å². The van der Waals surface area contributed by atoms with Gasteiger partial charge in [-0.25, -0.2) is 0 Å². The molecule has 0 bridgehead atoms. The first-order chi connectivity index (χ1) is 12.5. The van der Waals surface area contributed by atoms with Crippen LogP contribution in [0.3, 0.4) is 0 Å². The van der Waals surface area contributed by atoms with Crippen molar-refractivity contribution in [1.29, 1.82) is 0 Å². The van der Waals surface area contributed by atoms with E-state index >= 15 is 0 Å². The van der Waals surface area contributed by atoms with E-state index in [-0.39, 0.29) is 11.6 Å². The molecule has 136 valence electrons. The average Bonchev–Trinajstić information content (AvgIpc) is 3.29. The molecular weight excluding hydrogens is 344 g/mol. The molecule has 0 amide bonds. The molecular formula is C21H24N2O2S. The van der Waals surface area contributed by atoms with Crippen LogP contribution in [-0.2, 0) is 13.0 Å². The lowest BCUT2D eigenvalue weighted by Crippen LogP contribution is -2.26. The topological polar surface area (TPSA) is 42.3 Å². The highest BCUT2D eigenvalue weighted by molar-refractivity contribution is 7.21. The number of aryl methyl sites for hydroxylation is 1. The van der Waals surface area contributed by atoms with Crippen molar-refractivity contribution in [2.75, 3.05) is 19.6 Å². The number of fused-ring (bicyclic) bond motifs is 5. The molecule has 0 radical (unpaired) electrons. The van der Waals surface area contributed by atoms with Gasteiger partial charge in [-0.15, -0.1) is 11.3 Å². The molecule has 0 spiro atoms. The first-order valence-electron chi connectivity index (χ1n) is 9.39. The summed E-state index contributed by atoms with van der Waals surface area (Å²) in [6.07, 6.45) is 1.42. The summed E-state index contributed by atoms with van der Waals surface area (Å²) < 4.78 is 3.51. The number of nitrogens with zero attached hydrogens (tertiary/aromatic N) is 2. The Bertz CT molecular complexity index is 1020. The number of hydrogen-bond acceptors (Lipinski definition) is 4. The van der Waals surface area contributed by atoms with Crippen LogP contribution in [0.15, 0.2) is 18.2 Å². The zero-order valence-electron chi connectivity index (χ0n) is 15.6. The van der Waals surface area contributed by atoms with Crippen molar-refractivity contribution in [2.45, 2.75) is 40.2 Å². The molecule has 0 fully saturated rings. The van der Waals surface area contributed by atoms with Crippen molar-refractivity contribution in [1.82, 2.24) is 9.47 Å². The highest BCUT2D eigenvalue weighted by atomic mass is 32.1. The average molecular weight is 369 g/mol. The van der Waals surface area contributed by atoms with Gasteiger partial charge in [0.25, 0.3) is 0 Å². The molecule has 0 N–H and O–H groups in total. The lowest BCUT2D eigenvalue weighted by atomic mass is 10.1. The molecule has 5 heteroatoms. The molecule has 1 aliphatic carbocycles. The van der Waals surface area contributed by atoms with Gasteiger partial charge in [0, 0.05) is 30.5 Å². The minimum atomic E-state index is 0.110. The Morgan fingerprint density at radius 2 is 1.96 bits per heavy atom. The third kappa shape index (κ3) is 2.61. The van der Waals surface area contributed by atoms with E-state index in [4.69, 9.17) is 0 Å². The van der Waals surface area contributed by atoms with E-state index in [0.717, 1.165) is 53.3 Å². The molecule has 0 saturated heterocycles. The van der Waals surface area contributed by atoms with Crippen LogP contribution in [0.5, 0.6) is 0 Å². The highest BCUT2D eigenvalue weighted by Crippen LogP contribution is 2.41. The van der Waals surface area contributed by atoms with Gasteiger partial charge in [0.05, 0.1) is 20.6 Å². The van der Waals surface area contributed by atoms with E-state index in [1.165, 1.54) is 16.5 Å². The summed E-state index contributed by atoms with van der Waals surface area (Å²) >= 11 is 1.57. The van der Waals surface area contributed by atoms with Gasteiger partial charge < -0.3 is 9.47 Å². The summed E-state index contributed by atoms with van der Waals surface area (Å²) in [6.45, 7) is 9.93. The maximum atomic E-state index is 12.2. The van der Waals surface area contributed by atoms with Crippen LogP contribution in [0.1, 0.15) is 52.8 Å². The molecule has 26 heavy (non-hydrogen) atoms. The van der Waals surface area contributed by atoms with Gasteiger partial charge in [-0.2, -0.15) is 0 Å². The lowest BCUT2D eigenvalue weighted by Gasteiger charge is -2.19. The quantitative estimate of drug-likeness (QED) is 0.600. The molecule has 2 heterocycles. The Kier molecular flexibility index (Phi) is 4.45. The summed E-state index contributed by atoms with van der Waals surface area (Å²) in [6, 6.07) is 6.13. The standard InChI is InChI=1S/C21H24N2O2S/c1-4-22(5-2)10-11-23-16-8-6-14-15(7-9-18(14)25)20(16)21-17(23)12-19(26-21)13(3)24/h6,8,12H,4-5,7,9-11H2,1-3H3. The van der Waals surface area contributed by atoms with Crippen molar-refractivity contribution in [2.24, 2.45) is 0 Å². The minimum Gasteiger partial charge on any atom is -0.338 e. The van der Waals surface area contributed by atoms with Gasteiger partial charge in [0.2, 0.25) is 0 Å². The second-order valence-corrected chi connectivity index (χ2v) is 8.02. The molecule has 0 atom stereocenters. The first kappa shape index (κ1) is 17.4. The monoisotopic (exact) mass is 368 g/mol. The fourth-order valence-electron chi connectivity index (χ4n) is 4.09. The van der Waals surface area contributed by atoms with Crippen LogP contribution in [0.25, 0.3) is 21.1 Å². The number of carbonyl (C=O) groups excluding carboxylic acids is 2. The highest BCUT2D eigenvalue weighted by Gasteiger charge is 2.26. The molecule has 4 rings (SSSR count). The van der Waals surface area contributed by atoms with Gasteiger partial charge in [0.15, 0.2) is 11.6 Å². The Labute approximate surface area is 157 Å². The maximum absolute atomic E-state index is 12.2. The second-order valence-electron chi connectivity index (χ2n) is 6.97. The normalized spacial score (nSPS) is 14.1. The maximum Gasteiger partial charge on any atom is 0.169 e. The number of ketones is 2. The molecule has 2 aromatic heterocycles. The van der Waals surface area contributed by atoms with Gasteiger partial charge in [-0.05, 0) is 50.2 Å². The second kappa shape index (κ2) is 6.63. The van der Waals surface area contributed by atoms with Crippen molar-refractivity contribution in [3.63, 3.8) is 0 Å². The SMILES string of the molecule is CCN(CC)CCn1c2cc(C(C)=O)sc2c2c3c(ccc21)C(=O)CC3. The van der Waals surface area contributed by atoms with Crippen LogP contribution >= 0.6 is 11.3 Å². The van der Waals surface area contributed by atoms with E-state index in [0.29, 0.717) is 6.42 Å². The van der Waals surface area contributed by atoms with E-state index in [1.807, 2.05) is 12.1 Å². The first-order valence-corrected chi connectivity index (χ1v) is 10.2. The number of likely N-dealkylation sites (N-methyl/N-ethyl adjacent to an activating group) is 1. The zero-order chi connectivity index (χ0) is 18.4. The summed E-state index contributed by atoms with van der Waals surface area (Å²) in [5, 5.41) is 1.19. The minimum absolute atomic E-state index is 0.110. The van der Waals surface area contributed by atoms with Crippen LogP contribution in [0, 0.1) is 0 Å². The van der Waals surface area contributed by atoms with E-state index in [1.54, 1.807) is 18.3 Å². The van der Waals surface area contributed by atoms with Crippen LogP contribution in [0.4, 0.5) is 0 Å². The van der Waals surface area contributed by atoms with Crippen molar-refractivity contribution in [3.05, 3.63) is 34.2 Å². The number of rotatable bonds is 6. The predicted octanol–water partition coefficient (Wildman–Crippen LogP) is 4.53. The van der Waals surface area contributed by atoms with Gasteiger partial charge in [-0.1, -0.05) is 13.8 Å². The summed E-state index contributed by atoms with van der Waals surface area (Å²) in [4.78, 5) is 27.3.